The van der Waals surface area contributed by atoms with Crippen LogP contribution < -0.4 is 10.1 Å². The van der Waals surface area contributed by atoms with E-state index in [9.17, 15) is 14.4 Å². The molecule has 0 spiro atoms. The molecule has 3 aromatic rings. The molecule has 0 saturated carbocycles. The maximum absolute atomic E-state index is 12.4. The zero-order valence-electron chi connectivity index (χ0n) is 16.1. The van der Waals surface area contributed by atoms with Gasteiger partial charge in [0.25, 0.3) is 11.1 Å². The Morgan fingerprint density at radius 1 is 1.33 bits per heavy atom. The fourth-order valence-corrected chi connectivity index (χ4v) is 3.98. The molecule has 0 radical (unpaired) electrons. The minimum Gasteiger partial charge on any atom is -0.497 e. The van der Waals surface area contributed by atoms with Crippen molar-refractivity contribution in [3.63, 3.8) is 0 Å². The average Bonchev–Trinajstić information content (AvgIpc) is 3.45. The Balaban J connectivity index is 1.33. The number of nitrogens with zero attached hydrogens (tertiary/aromatic N) is 1. The number of ether oxygens (including phenoxy) is 1. The first-order valence-corrected chi connectivity index (χ1v) is 10.1. The van der Waals surface area contributed by atoms with E-state index < -0.39 is 17.1 Å². The first-order chi connectivity index (χ1) is 14.5. The third kappa shape index (κ3) is 4.11. The lowest BCUT2D eigenvalue weighted by atomic mass is 10.1. The number of carbonyl (C=O) groups is 3. The standard InChI is InChI=1S/C21H19N3O5S/c1-28-14-4-5-17-16(9-14)13(11-23-17)6-7-22-19(25)12-24-20(26)18(30-21(24)27)10-15-3-2-8-29-15/h2-5,8-11,23H,6-7,12H2,1H3,(H,22,25)/b18-10-. The topological polar surface area (TPSA) is 105 Å². The highest BCUT2D eigenvalue weighted by atomic mass is 32.2. The molecule has 3 heterocycles. The first-order valence-electron chi connectivity index (χ1n) is 9.24. The minimum absolute atomic E-state index is 0.232. The minimum atomic E-state index is -0.500. The molecule has 154 valence electrons. The molecule has 3 amide bonds. The van der Waals surface area contributed by atoms with Crippen molar-refractivity contribution >= 4 is 45.8 Å². The Morgan fingerprint density at radius 2 is 2.20 bits per heavy atom. The molecule has 8 nitrogen and oxygen atoms in total. The van der Waals surface area contributed by atoms with Crippen molar-refractivity contribution in [1.82, 2.24) is 15.2 Å². The number of hydrogen-bond donors (Lipinski definition) is 2. The summed E-state index contributed by atoms with van der Waals surface area (Å²) in [5.74, 6) is 0.337. The second kappa shape index (κ2) is 8.50. The van der Waals surface area contributed by atoms with E-state index in [4.69, 9.17) is 9.15 Å². The van der Waals surface area contributed by atoms with Gasteiger partial charge in [0.05, 0.1) is 18.3 Å². The Bertz CT molecular complexity index is 1130. The van der Waals surface area contributed by atoms with E-state index >= 15 is 0 Å². The van der Waals surface area contributed by atoms with E-state index in [2.05, 4.69) is 10.3 Å². The number of rotatable bonds is 7. The average molecular weight is 425 g/mol. The van der Waals surface area contributed by atoms with Crippen molar-refractivity contribution in [2.75, 3.05) is 20.2 Å². The molecule has 1 aliphatic rings. The van der Waals surface area contributed by atoms with Gasteiger partial charge in [0, 0.05) is 29.7 Å². The van der Waals surface area contributed by atoms with E-state index in [1.807, 2.05) is 24.4 Å². The molecule has 1 fully saturated rings. The van der Waals surface area contributed by atoms with Gasteiger partial charge in [-0.25, -0.2) is 0 Å². The summed E-state index contributed by atoms with van der Waals surface area (Å²) in [5.41, 5.74) is 2.02. The van der Waals surface area contributed by atoms with E-state index in [1.54, 1.807) is 19.2 Å². The van der Waals surface area contributed by atoms with E-state index in [1.165, 1.54) is 12.3 Å². The van der Waals surface area contributed by atoms with Crippen LogP contribution in [0.2, 0.25) is 0 Å². The molecule has 30 heavy (non-hydrogen) atoms. The van der Waals surface area contributed by atoms with Gasteiger partial charge >= 0.3 is 0 Å². The number of hydrogen-bond acceptors (Lipinski definition) is 6. The highest BCUT2D eigenvalue weighted by molar-refractivity contribution is 8.18. The Morgan fingerprint density at radius 3 is 2.97 bits per heavy atom. The van der Waals surface area contributed by atoms with Crippen molar-refractivity contribution in [2.24, 2.45) is 0 Å². The van der Waals surface area contributed by atoms with Crippen molar-refractivity contribution in [2.45, 2.75) is 6.42 Å². The van der Waals surface area contributed by atoms with E-state index in [0.29, 0.717) is 18.7 Å². The monoisotopic (exact) mass is 425 g/mol. The van der Waals surface area contributed by atoms with Gasteiger partial charge in [0.2, 0.25) is 5.91 Å². The second-order valence-corrected chi connectivity index (χ2v) is 7.60. The smallest absolute Gasteiger partial charge is 0.294 e. The summed E-state index contributed by atoms with van der Waals surface area (Å²) in [7, 11) is 1.61. The summed E-state index contributed by atoms with van der Waals surface area (Å²) in [5, 5.41) is 3.32. The predicted octanol–water partition coefficient (Wildman–Crippen LogP) is 3.16. The number of benzene rings is 1. The molecular formula is C21H19N3O5S. The highest BCUT2D eigenvalue weighted by Crippen LogP contribution is 2.32. The molecular weight excluding hydrogens is 406 g/mol. The normalized spacial score (nSPS) is 15.4. The number of thioether (sulfide) groups is 1. The fourth-order valence-electron chi connectivity index (χ4n) is 3.17. The number of nitrogens with one attached hydrogen (secondary N) is 2. The Hall–Kier alpha value is -3.46. The van der Waals surface area contributed by atoms with Crippen LogP contribution in [0.25, 0.3) is 17.0 Å². The number of H-pyrrole nitrogens is 1. The van der Waals surface area contributed by atoms with E-state index in [-0.39, 0.29) is 11.4 Å². The van der Waals surface area contributed by atoms with E-state index in [0.717, 1.165) is 38.9 Å². The lowest BCUT2D eigenvalue weighted by Gasteiger charge is -2.12. The largest absolute Gasteiger partial charge is 0.497 e. The molecule has 1 saturated heterocycles. The number of amides is 3. The number of aromatic nitrogens is 1. The third-order valence-electron chi connectivity index (χ3n) is 4.68. The molecule has 2 aromatic heterocycles. The summed E-state index contributed by atoms with van der Waals surface area (Å²) < 4.78 is 10.4. The van der Waals surface area contributed by atoms with Gasteiger partial charge in [-0.1, -0.05) is 0 Å². The summed E-state index contributed by atoms with van der Waals surface area (Å²) >= 11 is 0.791. The van der Waals surface area contributed by atoms with Gasteiger partial charge in [0.1, 0.15) is 18.1 Å². The van der Waals surface area contributed by atoms with Gasteiger partial charge in [-0.15, -0.1) is 0 Å². The van der Waals surface area contributed by atoms with Gasteiger partial charge in [-0.05, 0) is 54.1 Å². The maximum Gasteiger partial charge on any atom is 0.294 e. The number of imide groups is 1. The molecule has 0 bridgehead atoms. The summed E-state index contributed by atoms with van der Waals surface area (Å²) in [6.07, 6.45) is 5.47. The van der Waals surface area contributed by atoms with Crippen LogP contribution in [0.5, 0.6) is 5.75 Å². The molecule has 1 aromatic carbocycles. The SMILES string of the molecule is COc1ccc2[nH]cc(CCNC(=O)CN3C(=O)S/C(=C\c4ccco4)C3=O)c2c1. The number of furan rings is 1. The maximum atomic E-state index is 12.4. The van der Waals surface area contributed by atoms with Crippen LogP contribution in [-0.4, -0.2) is 47.1 Å². The molecule has 4 rings (SSSR count). The van der Waals surface area contributed by atoms with Crippen LogP contribution in [-0.2, 0) is 16.0 Å². The van der Waals surface area contributed by atoms with Crippen molar-refractivity contribution in [1.29, 1.82) is 0 Å². The number of fused-ring (bicyclic) bond motifs is 1. The van der Waals surface area contributed by atoms with Gasteiger partial charge in [-0.2, -0.15) is 0 Å². The van der Waals surface area contributed by atoms with Crippen LogP contribution >= 0.6 is 11.8 Å². The molecule has 0 atom stereocenters. The Kier molecular flexibility index (Phi) is 5.62. The summed E-state index contributed by atoms with van der Waals surface area (Å²) in [6, 6.07) is 9.12. The van der Waals surface area contributed by atoms with Crippen LogP contribution in [0, 0.1) is 0 Å². The van der Waals surface area contributed by atoms with Gasteiger partial charge < -0.3 is 19.5 Å². The zero-order valence-corrected chi connectivity index (χ0v) is 17.0. The molecule has 0 unspecified atom stereocenters. The van der Waals surface area contributed by atoms with Crippen LogP contribution in [0.3, 0.4) is 0 Å². The Labute approximate surface area is 176 Å². The van der Waals surface area contributed by atoms with Crippen molar-refractivity contribution in [3.05, 3.63) is 59.0 Å². The lowest BCUT2D eigenvalue weighted by Crippen LogP contribution is -2.40. The number of methoxy groups -OCH3 is 1. The van der Waals surface area contributed by atoms with Crippen LogP contribution in [0.15, 0.2) is 52.1 Å². The summed E-state index contributed by atoms with van der Waals surface area (Å²) in [4.78, 5) is 41.2. The van der Waals surface area contributed by atoms with Crippen molar-refractivity contribution in [3.8, 4) is 5.75 Å². The molecule has 1 aliphatic heterocycles. The second-order valence-electron chi connectivity index (χ2n) is 6.61. The van der Waals surface area contributed by atoms with Crippen LogP contribution in [0.4, 0.5) is 4.79 Å². The molecule has 0 aliphatic carbocycles. The highest BCUT2D eigenvalue weighted by Gasteiger charge is 2.36. The zero-order chi connectivity index (χ0) is 21.1. The molecule has 9 heteroatoms. The predicted molar refractivity (Wildman–Crippen MR) is 113 cm³/mol. The van der Waals surface area contributed by atoms with Gasteiger partial charge in [-0.3, -0.25) is 19.3 Å². The molecule has 2 N–H and O–H groups in total. The number of aromatic amines is 1. The number of carbonyl (C=O) groups excluding carboxylic acids is 3. The lowest BCUT2D eigenvalue weighted by molar-refractivity contribution is -0.129. The van der Waals surface area contributed by atoms with Gasteiger partial charge in [0.15, 0.2) is 0 Å². The first kappa shape index (κ1) is 19.8. The summed E-state index contributed by atoms with van der Waals surface area (Å²) in [6.45, 7) is 0.0589. The third-order valence-corrected chi connectivity index (χ3v) is 5.59. The quantitative estimate of drug-likeness (QED) is 0.564. The van der Waals surface area contributed by atoms with Crippen LogP contribution in [0.1, 0.15) is 11.3 Å². The van der Waals surface area contributed by atoms with Crippen molar-refractivity contribution < 1.29 is 23.5 Å². The fraction of sp³-hybridized carbons (Fsp3) is 0.190.